The van der Waals surface area contributed by atoms with Gasteiger partial charge in [-0.3, -0.25) is 9.78 Å². The molecule has 0 radical (unpaired) electrons. The van der Waals surface area contributed by atoms with E-state index in [9.17, 15) is 9.18 Å². The fraction of sp³-hybridized carbons (Fsp3) is 0.143. The van der Waals surface area contributed by atoms with Gasteiger partial charge in [0.15, 0.2) is 0 Å². The smallest absolute Gasteiger partial charge is 0.257 e. The number of pyridine rings is 1. The molecule has 0 aliphatic rings. The molecule has 5 nitrogen and oxygen atoms in total. The highest BCUT2D eigenvalue weighted by Crippen LogP contribution is 2.14. The second kappa shape index (κ2) is 8.80. The first-order valence-electron chi connectivity index (χ1n) is 8.53. The lowest BCUT2D eigenvalue weighted by Gasteiger charge is -2.09. The van der Waals surface area contributed by atoms with E-state index in [0.717, 1.165) is 17.9 Å². The van der Waals surface area contributed by atoms with Crippen LogP contribution in [0.1, 0.15) is 15.9 Å². The van der Waals surface area contributed by atoms with Crippen LogP contribution in [0.3, 0.4) is 0 Å². The van der Waals surface area contributed by atoms with Gasteiger partial charge in [-0.2, -0.15) is 0 Å². The van der Waals surface area contributed by atoms with Gasteiger partial charge in [0, 0.05) is 24.6 Å². The largest absolute Gasteiger partial charge is 0.497 e. The van der Waals surface area contributed by atoms with E-state index in [4.69, 9.17) is 4.74 Å². The number of halogens is 1. The van der Waals surface area contributed by atoms with Gasteiger partial charge in [-0.1, -0.05) is 12.1 Å². The standard InChI is InChI=1S/C21H20FN3O2/c1-27-20-8-2-15(3-9-20)10-11-24-19-12-16(13-23-14-19)21(26)25-18-6-4-17(22)5-7-18/h2-9,12-14,24H,10-11H2,1H3,(H,25,26). The van der Waals surface area contributed by atoms with Crippen LogP contribution in [0.5, 0.6) is 5.75 Å². The number of nitrogens with zero attached hydrogens (tertiary/aromatic N) is 1. The van der Waals surface area contributed by atoms with Crippen LogP contribution in [-0.2, 0) is 6.42 Å². The quantitative estimate of drug-likeness (QED) is 0.661. The third kappa shape index (κ3) is 5.28. The lowest BCUT2D eigenvalue weighted by Crippen LogP contribution is -2.13. The van der Waals surface area contributed by atoms with E-state index >= 15 is 0 Å². The zero-order valence-corrected chi connectivity index (χ0v) is 14.9. The summed E-state index contributed by atoms with van der Waals surface area (Å²) in [6, 6.07) is 15.2. The van der Waals surface area contributed by atoms with E-state index in [1.807, 2.05) is 24.3 Å². The van der Waals surface area contributed by atoms with Crippen LogP contribution in [0.25, 0.3) is 0 Å². The van der Waals surface area contributed by atoms with Crippen molar-refractivity contribution in [3.8, 4) is 5.75 Å². The van der Waals surface area contributed by atoms with Crippen LogP contribution in [0, 0.1) is 5.82 Å². The predicted octanol–water partition coefficient (Wildman–Crippen LogP) is 4.14. The van der Waals surface area contributed by atoms with Crippen molar-refractivity contribution >= 4 is 17.3 Å². The minimum absolute atomic E-state index is 0.298. The highest BCUT2D eigenvalue weighted by Gasteiger charge is 2.08. The SMILES string of the molecule is COc1ccc(CCNc2cncc(C(=O)Nc3ccc(F)cc3)c2)cc1. The van der Waals surface area contributed by atoms with Gasteiger partial charge in [0.05, 0.1) is 18.4 Å². The Labute approximate surface area is 157 Å². The third-order valence-corrected chi connectivity index (χ3v) is 4.00. The van der Waals surface area contributed by atoms with Crippen molar-refractivity contribution in [3.05, 3.63) is 83.9 Å². The van der Waals surface area contributed by atoms with Gasteiger partial charge in [-0.25, -0.2) is 4.39 Å². The molecule has 0 fully saturated rings. The Bertz CT molecular complexity index is 896. The van der Waals surface area contributed by atoms with Crippen molar-refractivity contribution in [3.63, 3.8) is 0 Å². The van der Waals surface area contributed by atoms with Gasteiger partial charge >= 0.3 is 0 Å². The average Bonchev–Trinajstić information content (AvgIpc) is 2.70. The summed E-state index contributed by atoms with van der Waals surface area (Å²) in [5.41, 5.74) is 2.89. The third-order valence-electron chi connectivity index (χ3n) is 4.00. The number of hydrogen-bond acceptors (Lipinski definition) is 4. The molecule has 6 heteroatoms. The number of rotatable bonds is 7. The second-order valence-electron chi connectivity index (χ2n) is 5.95. The molecular weight excluding hydrogens is 345 g/mol. The van der Waals surface area contributed by atoms with Gasteiger partial charge in [-0.05, 0) is 54.4 Å². The first kappa shape index (κ1) is 18.4. The predicted molar refractivity (Wildman–Crippen MR) is 104 cm³/mol. The van der Waals surface area contributed by atoms with E-state index in [0.29, 0.717) is 17.8 Å². The molecule has 1 amide bonds. The zero-order valence-electron chi connectivity index (χ0n) is 14.9. The first-order chi connectivity index (χ1) is 13.1. The van der Waals surface area contributed by atoms with Crippen molar-refractivity contribution in [2.45, 2.75) is 6.42 Å². The van der Waals surface area contributed by atoms with Crippen molar-refractivity contribution in [1.29, 1.82) is 0 Å². The summed E-state index contributed by atoms with van der Waals surface area (Å²) < 4.78 is 18.1. The van der Waals surface area contributed by atoms with E-state index in [1.54, 1.807) is 19.4 Å². The summed E-state index contributed by atoms with van der Waals surface area (Å²) >= 11 is 0. The van der Waals surface area contributed by atoms with Crippen LogP contribution in [0.2, 0.25) is 0 Å². The Morgan fingerprint density at radius 3 is 2.48 bits per heavy atom. The molecule has 0 aliphatic heterocycles. The lowest BCUT2D eigenvalue weighted by atomic mass is 10.1. The van der Waals surface area contributed by atoms with Crippen LogP contribution in [0.4, 0.5) is 15.8 Å². The minimum Gasteiger partial charge on any atom is -0.497 e. The summed E-state index contributed by atoms with van der Waals surface area (Å²) in [7, 11) is 1.64. The molecule has 0 saturated heterocycles. The molecule has 0 saturated carbocycles. The summed E-state index contributed by atoms with van der Waals surface area (Å²) in [5.74, 6) is 0.182. The molecule has 138 valence electrons. The van der Waals surface area contributed by atoms with Gasteiger partial charge < -0.3 is 15.4 Å². The Balaban J connectivity index is 1.56. The molecule has 0 aliphatic carbocycles. The number of methoxy groups -OCH3 is 1. The van der Waals surface area contributed by atoms with Gasteiger partial charge in [0.25, 0.3) is 5.91 Å². The number of ether oxygens (including phenoxy) is 1. The zero-order chi connectivity index (χ0) is 19.1. The Morgan fingerprint density at radius 1 is 1.04 bits per heavy atom. The number of nitrogens with one attached hydrogen (secondary N) is 2. The van der Waals surface area contributed by atoms with Crippen LogP contribution < -0.4 is 15.4 Å². The molecule has 27 heavy (non-hydrogen) atoms. The Hall–Kier alpha value is -3.41. The maximum absolute atomic E-state index is 12.9. The van der Waals surface area contributed by atoms with E-state index < -0.39 is 0 Å². The van der Waals surface area contributed by atoms with Crippen molar-refractivity contribution in [2.24, 2.45) is 0 Å². The monoisotopic (exact) mass is 365 g/mol. The lowest BCUT2D eigenvalue weighted by molar-refractivity contribution is 0.102. The highest BCUT2D eigenvalue weighted by molar-refractivity contribution is 6.04. The molecule has 0 atom stereocenters. The molecule has 1 heterocycles. The van der Waals surface area contributed by atoms with Crippen LogP contribution in [-0.4, -0.2) is 24.5 Å². The first-order valence-corrected chi connectivity index (χ1v) is 8.53. The Morgan fingerprint density at radius 2 is 1.78 bits per heavy atom. The van der Waals surface area contributed by atoms with Gasteiger partial charge in [-0.15, -0.1) is 0 Å². The molecule has 0 unspecified atom stereocenters. The molecule has 3 aromatic rings. The minimum atomic E-state index is -0.349. The van der Waals surface area contributed by atoms with Crippen molar-refractivity contribution in [2.75, 3.05) is 24.3 Å². The fourth-order valence-electron chi connectivity index (χ4n) is 2.54. The second-order valence-corrected chi connectivity index (χ2v) is 5.95. The van der Waals surface area contributed by atoms with Crippen LogP contribution >= 0.6 is 0 Å². The van der Waals surface area contributed by atoms with Crippen molar-refractivity contribution in [1.82, 2.24) is 4.98 Å². The van der Waals surface area contributed by atoms with Crippen molar-refractivity contribution < 1.29 is 13.9 Å². The molecule has 1 aromatic heterocycles. The topological polar surface area (TPSA) is 63.2 Å². The van der Waals surface area contributed by atoms with E-state index in [1.165, 1.54) is 36.0 Å². The van der Waals surface area contributed by atoms with Crippen LogP contribution in [0.15, 0.2) is 67.0 Å². The fourth-order valence-corrected chi connectivity index (χ4v) is 2.54. The number of anilines is 2. The maximum Gasteiger partial charge on any atom is 0.257 e. The van der Waals surface area contributed by atoms with Gasteiger partial charge in [0.2, 0.25) is 0 Å². The molecule has 0 bridgehead atoms. The van der Waals surface area contributed by atoms with E-state index in [2.05, 4.69) is 15.6 Å². The summed E-state index contributed by atoms with van der Waals surface area (Å²) in [4.78, 5) is 16.4. The average molecular weight is 365 g/mol. The maximum atomic E-state index is 12.9. The normalized spacial score (nSPS) is 10.3. The Kier molecular flexibility index (Phi) is 5.99. The molecule has 2 N–H and O–H groups in total. The number of carbonyl (C=O) groups excluding carboxylic acids is 1. The molecular formula is C21H20FN3O2. The molecule has 0 spiro atoms. The number of amides is 1. The summed E-state index contributed by atoms with van der Waals surface area (Å²) in [5, 5.41) is 5.99. The van der Waals surface area contributed by atoms with E-state index in [-0.39, 0.29) is 11.7 Å². The number of aromatic nitrogens is 1. The number of carbonyl (C=O) groups is 1. The highest BCUT2D eigenvalue weighted by atomic mass is 19.1. The molecule has 3 rings (SSSR count). The summed E-state index contributed by atoms with van der Waals surface area (Å²) in [6.07, 6.45) is 3.99. The molecule has 2 aromatic carbocycles. The van der Waals surface area contributed by atoms with Gasteiger partial charge in [0.1, 0.15) is 11.6 Å². The summed E-state index contributed by atoms with van der Waals surface area (Å²) in [6.45, 7) is 0.705. The number of benzene rings is 2. The number of hydrogen-bond donors (Lipinski definition) is 2.